The average molecular weight is 338 g/mol. The van der Waals surface area contributed by atoms with Crippen LogP contribution in [0.25, 0.3) is 10.9 Å². The molecule has 9 heteroatoms. The Labute approximate surface area is 132 Å². The molecule has 2 heterocycles. The second kappa shape index (κ2) is 5.91. The van der Waals surface area contributed by atoms with Gasteiger partial charge in [0.05, 0.1) is 15.8 Å². The summed E-state index contributed by atoms with van der Waals surface area (Å²) in [5, 5.41) is 3.25. The van der Waals surface area contributed by atoms with Crippen LogP contribution < -0.4 is 16.6 Å². The SMILES string of the molecule is CNC1CCCN(S(=O)(=O)c2ccc3[nH]c(=O)[nH]c(=O)c3c2)C1. The zero-order chi connectivity index (χ0) is 16.6. The van der Waals surface area contributed by atoms with Gasteiger partial charge in [-0.3, -0.25) is 9.78 Å². The zero-order valence-corrected chi connectivity index (χ0v) is 13.4. The van der Waals surface area contributed by atoms with Gasteiger partial charge in [0, 0.05) is 19.1 Å². The van der Waals surface area contributed by atoms with Gasteiger partial charge in [-0.1, -0.05) is 0 Å². The lowest BCUT2D eigenvalue weighted by atomic mass is 10.1. The summed E-state index contributed by atoms with van der Waals surface area (Å²) in [6, 6.07) is 4.29. The molecule has 1 saturated heterocycles. The fraction of sp³-hybridized carbons (Fsp3) is 0.429. The number of benzene rings is 1. The van der Waals surface area contributed by atoms with Gasteiger partial charge in [0.1, 0.15) is 0 Å². The molecule has 0 bridgehead atoms. The highest BCUT2D eigenvalue weighted by molar-refractivity contribution is 7.89. The van der Waals surface area contributed by atoms with Gasteiger partial charge in [0.25, 0.3) is 5.56 Å². The summed E-state index contributed by atoms with van der Waals surface area (Å²) >= 11 is 0. The number of rotatable bonds is 3. The number of H-pyrrole nitrogens is 2. The molecule has 23 heavy (non-hydrogen) atoms. The number of likely N-dealkylation sites (N-methyl/N-ethyl adjacent to an activating group) is 1. The van der Waals surface area contributed by atoms with Crippen molar-refractivity contribution in [2.75, 3.05) is 20.1 Å². The number of sulfonamides is 1. The molecule has 0 radical (unpaired) electrons. The molecule has 8 nitrogen and oxygen atoms in total. The summed E-state index contributed by atoms with van der Waals surface area (Å²) in [6.45, 7) is 0.860. The molecule has 0 saturated carbocycles. The van der Waals surface area contributed by atoms with Crippen molar-refractivity contribution in [1.82, 2.24) is 19.6 Å². The Kier molecular flexibility index (Phi) is 4.09. The summed E-state index contributed by atoms with van der Waals surface area (Å²) in [4.78, 5) is 27.8. The van der Waals surface area contributed by atoms with Gasteiger partial charge in [-0.25, -0.2) is 13.2 Å². The van der Waals surface area contributed by atoms with E-state index in [1.54, 1.807) is 0 Å². The van der Waals surface area contributed by atoms with Crippen molar-refractivity contribution < 1.29 is 8.42 Å². The molecule has 0 amide bonds. The second-order valence-electron chi connectivity index (χ2n) is 5.61. The third-order valence-electron chi connectivity index (χ3n) is 4.14. The molecule has 1 aliphatic heterocycles. The molecular weight excluding hydrogens is 320 g/mol. The van der Waals surface area contributed by atoms with Crippen LogP contribution in [0, 0.1) is 0 Å². The Morgan fingerprint density at radius 3 is 2.78 bits per heavy atom. The van der Waals surface area contributed by atoms with Crippen LogP contribution in [0.2, 0.25) is 0 Å². The quantitative estimate of drug-likeness (QED) is 0.704. The minimum atomic E-state index is -3.67. The molecule has 0 spiro atoms. The number of fused-ring (bicyclic) bond motifs is 1. The van der Waals surface area contributed by atoms with Crippen LogP contribution in [-0.2, 0) is 10.0 Å². The Morgan fingerprint density at radius 1 is 1.26 bits per heavy atom. The van der Waals surface area contributed by atoms with Crippen molar-refractivity contribution in [3.05, 3.63) is 39.0 Å². The van der Waals surface area contributed by atoms with Crippen molar-refractivity contribution in [2.24, 2.45) is 0 Å². The van der Waals surface area contributed by atoms with Crippen molar-refractivity contribution in [2.45, 2.75) is 23.8 Å². The number of nitrogens with one attached hydrogen (secondary N) is 3. The van der Waals surface area contributed by atoms with Crippen LogP contribution >= 0.6 is 0 Å². The highest BCUT2D eigenvalue weighted by atomic mass is 32.2. The minimum absolute atomic E-state index is 0.0549. The molecule has 1 aromatic heterocycles. The van der Waals surface area contributed by atoms with Crippen molar-refractivity contribution in [3.8, 4) is 0 Å². The van der Waals surface area contributed by atoms with Gasteiger partial charge in [0.2, 0.25) is 10.0 Å². The number of nitrogens with zero attached hydrogens (tertiary/aromatic N) is 1. The summed E-state index contributed by atoms with van der Waals surface area (Å²) < 4.78 is 27.0. The van der Waals surface area contributed by atoms with Gasteiger partial charge >= 0.3 is 5.69 Å². The van der Waals surface area contributed by atoms with E-state index in [0.717, 1.165) is 12.8 Å². The molecule has 0 aliphatic carbocycles. The monoisotopic (exact) mass is 338 g/mol. The first-order valence-electron chi connectivity index (χ1n) is 7.35. The third kappa shape index (κ3) is 2.94. The zero-order valence-electron chi connectivity index (χ0n) is 12.6. The van der Waals surface area contributed by atoms with Crippen molar-refractivity contribution in [1.29, 1.82) is 0 Å². The Morgan fingerprint density at radius 2 is 2.04 bits per heavy atom. The predicted octanol–water partition coefficient (Wildman–Crippen LogP) is -0.411. The van der Waals surface area contributed by atoms with Crippen molar-refractivity contribution >= 4 is 20.9 Å². The molecule has 3 rings (SSSR count). The molecule has 1 unspecified atom stereocenters. The topological polar surface area (TPSA) is 115 Å². The van der Waals surface area contributed by atoms with E-state index in [1.165, 1.54) is 22.5 Å². The number of hydrogen-bond donors (Lipinski definition) is 3. The van der Waals surface area contributed by atoms with Crippen LogP contribution in [0.15, 0.2) is 32.7 Å². The lowest BCUT2D eigenvalue weighted by Crippen LogP contribution is -2.46. The van der Waals surface area contributed by atoms with E-state index in [-0.39, 0.29) is 16.3 Å². The van der Waals surface area contributed by atoms with Gasteiger partial charge in [-0.15, -0.1) is 0 Å². The van der Waals surface area contributed by atoms with Gasteiger partial charge in [0.15, 0.2) is 0 Å². The first-order chi connectivity index (χ1) is 10.9. The molecule has 1 aromatic carbocycles. The highest BCUT2D eigenvalue weighted by Gasteiger charge is 2.29. The maximum Gasteiger partial charge on any atom is 0.326 e. The van der Waals surface area contributed by atoms with E-state index >= 15 is 0 Å². The summed E-state index contributed by atoms with van der Waals surface area (Å²) in [6.07, 6.45) is 1.72. The second-order valence-corrected chi connectivity index (χ2v) is 7.54. The fourth-order valence-corrected chi connectivity index (χ4v) is 4.40. The average Bonchev–Trinajstić information content (AvgIpc) is 2.54. The maximum absolute atomic E-state index is 12.8. The van der Waals surface area contributed by atoms with Crippen LogP contribution in [0.1, 0.15) is 12.8 Å². The van der Waals surface area contributed by atoms with Crippen LogP contribution in [-0.4, -0.2) is 48.9 Å². The number of piperidine rings is 1. The van der Waals surface area contributed by atoms with Crippen LogP contribution in [0.5, 0.6) is 0 Å². The number of aromatic amines is 2. The molecular formula is C14H18N4O4S. The highest BCUT2D eigenvalue weighted by Crippen LogP contribution is 2.22. The predicted molar refractivity (Wildman–Crippen MR) is 86.0 cm³/mol. The Balaban J connectivity index is 2.05. The van der Waals surface area contributed by atoms with Gasteiger partial charge < -0.3 is 10.3 Å². The Hall–Kier alpha value is -1.97. The number of hydrogen-bond acceptors (Lipinski definition) is 5. The van der Waals surface area contributed by atoms with E-state index < -0.39 is 21.3 Å². The van der Waals surface area contributed by atoms with Gasteiger partial charge in [-0.2, -0.15) is 4.31 Å². The van der Waals surface area contributed by atoms with E-state index in [9.17, 15) is 18.0 Å². The van der Waals surface area contributed by atoms with E-state index in [2.05, 4.69) is 15.3 Å². The fourth-order valence-electron chi connectivity index (χ4n) is 2.85. The smallest absolute Gasteiger partial charge is 0.316 e. The van der Waals surface area contributed by atoms with E-state index in [1.807, 2.05) is 7.05 Å². The lowest BCUT2D eigenvalue weighted by Gasteiger charge is -2.31. The standard InChI is InChI=1S/C14H18N4O4S/c1-15-9-3-2-6-18(8-9)23(21,22)10-4-5-12-11(7-10)13(19)17-14(20)16-12/h4-5,7,9,15H,2-3,6,8H2,1H3,(H2,16,17,19,20). The first-order valence-corrected chi connectivity index (χ1v) is 8.79. The maximum atomic E-state index is 12.8. The normalized spacial score (nSPS) is 20.0. The lowest BCUT2D eigenvalue weighted by molar-refractivity contribution is 0.293. The molecule has 124 valence electrons. The minimum Gasteiger partial charge on any atom is -0.316 e. The third-order valence-corrected chi connectivity index (χ3v) is 6.00. The summed E-state index contributed by atoms with van der Waals surface area (Å²) in [7, 11) is -1.86. The summed E-state index contributed by atoms with van der Waals surface area (Å²) in [5.74, 6) is 0. The van der Waals surface area contributed by atoms with E-state index in [4.69, 9.17) is 0 Å². The molecule has 1 atom stereocenters. The summed E-state index contributed by atoms with van der Waals surface area (Å²) in [5.41, 5.74) is -0.914. The number of aromatic nitrogens is 2. The molecule has 1 aliphatic rings. The molecule has 2 aromatic rings. The molecule has 3 N–H and O–H groups in total. The molecule has 1 fully saturated rings. The van der Waals surface area contributed by atoms with Crippen molar-refractivity contribution in [3.63, 3.8) is 0 Å². The largest absolute Gasteiger partial charge is 0.326 e. The first kappa shape index (κ1) is 15.9. The van der Waals surface area contributed by atoms with Crippen LogP contribution in [0.3, 0.4) is 0 Å². The van der Waals surface area contributed by atoms with Gasteiger partial charge in [-0.05, 0) is 38.1 Å². The van der Waals surface area contributed by atoms with Crippen LogP contribution in [0.4, 0.5) is 0 Å². The Bertz CT molecular complexity index is 947. The van der Waals surface area contributed by atoms with E-state index in [0.29, 0.717) is 18.6 Å².